The van der Waals surface area contributed by atoms with Gasteiger partial charge in [-0.1, -0.05) is 0 Å². The molecule has 1 aromatic rings. The number of rotatable bonds is 2. The topological polar surface area (TPSA) is 9.23 Å². The van der Waals surface area contributed by atoms with E-state index in [4.69, 9.17) is 4.74 Å². The molecule has 1 aliphatic rings. The van der Waals surface area contributed by atoms with Gasteiger partial charge in [0.2, 0.25) is 0 Å². The molecule has 0 bridgehead atoms. The molecule has 1 aliphatic heterocycles. The minimum atomic E-state index is 0.506. The summed E-state index contributed by atoms with van der Waals surface area (Å²) in [5, 5.41) is 0.518. The average Bonchev–Trinajstić information content (AvgIpc) is 2.53. The van der Waals surface area contributed by atoms with Gasteiger partial charge in [0.1, 0.15) is 0 Å². The Morgan fingerprint density at radius 2 is 2.08 bits per heavy atom. The molecular weight excluding hydrogens is 227 g/mol. The van der Waals surface area contributed by atoms with Crippen molar-refractivity contribution in [2.45, 2.75) is 18.3 Å². The van der Waals surface area contributed by atoms with Crippen LogP contribution in [-0.4, -0.2) is 26.6 Å². The summed E-state index contributed by atoms with van der Waals surface area (Å²) in [4.78, 5) is 0. The second-order valence-electron chi connectivity index (χ2n) is 3.53. The van der Waals surface area contributed by atoms with E-state index in [9.17, 15) is 0 Å². The molecule has 1 heterocycles. The van der Waals surface area contributed by atoms with E-state index < -0.39 is 0 Å². The zero-order chi connectivity index (χ0) is 9.10. The van der Waals surface area contributed by atoms with Gasteiger partial charge in [-0.05, 0) is 0 Å². The standard InChI is InChI=1S/C11H14OSe/c1-9-7-11(12-8-9)13-10-5-3-2-4-6-10/h2-6,9,11H,7-8H2,1H3/t9-,11+/m1/s1. The Morgan fingerprint density at radius 1 is 1.31 bits per heavy atom. The fraction of sp³-hybridized carbons (Fsp3) is 0.455. The van der Waals surface area contributed by atoms with E-state index in [0.29, 0.717) is 20.0 Å². The summed E-state index contributed by atoms with van der Waals surface area (Å²) in [5.41, 5.74) is 0. The van der Waals surface area contributed by atoms with Crippen molar-refractivity contribution in [3.05, 3.63) is 30.3 Å². The Bertz CT molecular complexity index is 260. The van der Waals surface area contributed by atoms with Crippen LogP contribution in [0.3, 0.4) is 0 Å². The summed E-state index contributed by atoms with van der Waals surface area (Å²) in [5.74, 6) is 0.760. The molecule has 0 N–H and O–H groups in total. The van der Waals surface area contributed by atoms with Crippen molar-refractivity contribution in [2.24, 2.45) is 5.92 Å². The number of benzene rings is 1. The maximum absolute atomic E-state index is 5.70. The number of ether oxygens (including phenoxy) is 1. The second-order valence-corrected chi connectivity index (χ2v) is 6.12. The molecule has 13 heavy (non-hydrogen) atoms. The van der Waals surface area contributed by atoms with Crippen LogP contribution in [0.2, 0.25) is 0 Å². The fourth-order valence-corrected chi connectivity index (χ4v) is 3.96. The van der Waals surface area contributed by atoms with Gasteiger partial charge in [-0.3, -0.25) is 0 Å². The van der Waals surface area contributed by atoms with Gasteiger partial charge in [0, 0.05) is 0 Å². The van der Waals surface area contributed by atoms with Crippen molar-refractivity contribution in [3.8, 4) is 0 Å². The predicted octanol–water partition coefficient (Wildman–Crippen LogP) is 1.40. The molecule has 1 fully saturated rings. The SMILES string of the molecule is C[C@H]1CO[C@@H]([Se]c2ccccc2)C1. The maximum atomic E-state index is 5.70. The summed E-state index contributed by atoms with van der Waals surface area (Å²) >= 11 is 0.506. The van der Waals surface area contributed by atoms with Gasteiger partial charge >= 0.3 is 85.4 Å². The van der Waals surface area contributed by atoms with Crippen LogP contribution in [0, 0.1) is 5.92 Å². The van der Waals surface area contributed by atoms with Crippen molar-refractivity contribution in [1.82, 2.24) is 0 Å². The van der Waals surface area contributed by atoms with Gasteiger partial charge < -0.3 is 0 Å². The summed E-state index contributed by atoms with van der Waals surface area (Å²) in [7, 11) is 0. The normalized spacial score (nSPS) is 27.8. The zero-order valence-corrected chi connectivity index (χ0v) is 9.49. The van der Waals surface area contributed by atoms with Crippen molar-refractivity contribution in [3.63, 3.8) is 0 Å². The molecule has 0 radical (unpaired) electrons. The summed E-state index contributed by atoms with van der Waals surface area (Å²) in [6.45, 7) is 3.22. The van der Waals surface area contributed by atoms with Crippen LogP contribution in [0.5, 0.6) is 0 Å². The molecule has 1 nitrogen and oxygen atoms in total. The van der Waals surface area contributed by atoms with Gasteiger partial charge in [-0.15, -0.1) is 0 Å². The number of hydrogen-bond donors (Lipinski definition) is 0. The molecule has 1 aromatic carbocycles. The van der Waals surface area contributed by atoms with E-state index in [2.05, 4.69) is 37.3 Å². The third-order valence-corrected chi connectivity index (χ3v) is 4.56. The van der Waals surface area contributed by atoms with Crippen LogP contribution in [-0.2, 0) is 4.74 Å². The first-order chi connectivity index (χ1) is 6.34. The van der Waals surface area contributed by atoms with Crippen LogP contribution >= 0.6 is 0 Å². The van der Waals surface area contributed by atoms with Gasteiger partial charge in [0.15, 0.2) is 0 Å². The molecule has 2 rings (SSSR count). The van der Waals surface area contributed by atoms with E-state index in [1.807, 2.05) is 0 Å². The molecule has 70 valence electrons. The third kappa shape index (κ3) is 2.57. The monoisotopic (exact) mass is 242 g/mol. The number of hydrogen-bond acceptors (Lipinski definition) is 1. The summed E-state index contributed by atoms with van der Waals surface area (Å²) < 4.78 is 7.15. The molecule has 0 unspecified atom stereocenters. The quantitative estimate of drug-likeness (QED) is 0.711. The minimum absolute atomic E-state index is 0.506. The van der Waals surface area contributed by atoms with Crippen molar-refractivity contribution < 1.29 is 4.74 Å². The van der Waals surface area contributed by atoms with Crippen molar-refractivity contribution in [1.29, 1.82) is 0 Å². The molecule has 0 spiro atoms. The summed E-state index contributed by atoms with van der Waals surface area (Å²) in [6.07, 6.45) is 1.24. The Kier molecular flexibility index (Phi) is 3.05. The third-order valence-electron chi connectivity index (χ3n) is 2.17. The Hall–Kier alpha value is -0.301. The van der Waals surface area contributed by atoms with Crippen molar-refractivity contribution >= 4 is 19.4 Å². The van der Waals surface area contributed by atoms with Crippen LogP contribution in [0.25, 0.3) is 0 Å². The van der Waals surface area contributed by atoms with Gasteiger partial charge in [-0.25, -0.2) is 0 Å². The van der Waals surface area contributed by atoms with Crippen molar-refractivity contribution in [2.75, 3.05) is 6.61 Å². The van der Waals surface area contributed by atoms with Crippen LogP contribution < -0.4 is 4.46 Å². The van der Waals surface area contributed by atoms with Crippen LogP contribution in [0.15, 0.2) is 30.3 Å². The van der Waals surface area contributed by atoms with E-state index in [1.165, 1.54) is 10.9 Å². The Morgan fingerprint density at radius 3 is 2.69 bits per heavy atom. The first-order valence-electron chi connectivity index (χ1n) is 4.68. The fourth-order valence-electron chi connectivity index (χ4n) is 1.47. The molecule has 2 heteroatoms. The molecular formula is C11H14OSe. The van der Waals surface area contributed by atoms with E-state index in [1.54, 1.807) is 0 Å². The van der Waals surface area contributed by atoms with E-state index in [-0.39, 0.29) is 0 Å². The van der Waals surface area contributed by atoms with Gasteiger partial charge in [0.25, 0.3) is 0 Å². The molecule has 0 saturated carbocycles. The molecule has 2 atom stereocenters. The van der Waals surface area contributed by atoms with Crippen LogP contribution in [0.4, 0.5) is 0 Å². The zero-order valence-electron chi connectivity index (χ0n) is 7.77. The predicted molar refractivity (Wildman–Crippen MR) is 55.4 cm³/mol. The van der Waals surface area contributed by atoms with E-state index >= 15 is 0 Å². The van der Waals surface area contributed by atoms with Gasteiger partial charge in [-0.2, -0.15) is 0 Å². The Labute approximate surface area is 85.6 Å². The first kappa shape index (κ1) is 9.26. The van der Waals surface area contributed by atoms with Crippen LogP contribution in [0.1, 0.15) is 13.3 Å². The summed E-state index contributed by atoms with van der Waals surface area (Å²) in [6, 6.07) is 10.7. The molecule has 0 amide bonds. The molecule has 0 aliphatic carbocycles. The second kappa shape index (κ2) is 4.28. The van der Waals surface area contributed by atoms with E-state index in [0.717, 1.165) is 12.5 Å². The first-order valence-corrected chi connectivity index (χ1v) is 6.52. The molecule has 1 saturated heterocycles. The average molecular weight is 241 g/mol. The molecule has 0 aromatic heterocycles. The van der Waals surface area contributed by atoms with Gasteiger partial charge in [0.05, 0.1) is 0 Å². The Balaban J connectivity index is 1.92.